The Morgan fingerprint density at radius 2 is 1.74 bits per heavy atom. The van der Waals surface area contributed by atoms with E-state index in [9.17, 15) is 13.2 Å². The van der Waals surface area contributed by atoms with Crippen LogP contribution in [0.5, 0.6) is 0 Å². The van der Waals surface area contributed by atoms with E-state index in [1.54, 1.807) is 24.3 Å². The molecule has 0 radical (unpaired) electrons. The fourth-order valence-corrected chi connectivity index (χ4v) is 5.90. The molecule has 31 heavy (non-hydrogen) atoms. The highest BCUT2D eigenvalue weighted by Crippen LogP contribution is 2.25. The van der Waals surface area contributed by atoms with Gasteiger partial charge in [-0.3, -0.25) is 9.69 Å². The SMILES string of the molecule is CN1CCN(CC(=O)Nc2cccc(S(=O)(=O)N3CCCC3)c2)C(c2ccccc2)C1. The van der Waals surface area contributed by atoms with Gasteiger partial charge in [0.1, 0.15) is 0 Å². The maximum absolute atomic E-state index is 12.8. The van der Waals surface area contributed by atoms with Crippen molar-refractivity contribution in [1.82, 2.24) is 14.1 Å². The van der Waals surface area contributed by atoms with E-state index in [1.807, 2.05) is 18.2 Å². The number of rotatable bonds is 6. The van der Waals surface area contributed by atoms with Crippen LogP contribution in [0.3, 0.4) is 0 Å². The van der Waals surface area contributed by atoms with E-state index >= 15 is 0 Å². The summed E-state index contributed by atoms with van der Waals surface area (Å²) in [4.78, 5) is 17.5. The van der Waals surface area contributed by atoms with Crippen molar-refractivity contribution in [1.29, 1.82) is 0 Å². The lowest BCUT2D eigenvalue weighted by molar-refractivity contribution is -0.118. The fraction of sp³-hybridized carbons (Fsp3) is 0.435. The average molecular weight is 443 g/mol. The third-order valence-electron chi connectivity index (χ3n) is 6.05. The van der Waals surface area contributed by atoms with Crippen molar-refractivity contribution in [2.24, 2.45) is 0 Å². The lowest BCUT2D eigenvalue weighted by Gasteiger charge is -2.39. The lowest BCUT2D eigenvalue weighted by atomic mass is 10.0. The Balaban J connectivity index is 1.45. The number of sulfonamides is 1. The number of carbonyl (C=O) groups is 1. The van der Waals surface area contributed by atoms with Gasteiger partial charge in [0.25, 0.3) is 0 Å². The van der Waals surface area contributed by atoms with Gasteiger partial charge in [-0.15, -0.1) is 0 Å². The molecule has 1 N–H and O–H groups in total. The first-order valence-corrected chi connectivity index (χ1v) is 12.2. The Morgan fingerprint density at radius 1 is 1.00 bits per heavy atom. The number of piperazine rings is 1. The number of hydrogen-bond donors (Lipinski definition) is 1. The van der Waals surface area contributed by atoms with Crippen LogP contribution < -0.4 is 5.32 Å². The van der Waals surface area contributed by atoms with Crippen LogP contribution in [0, 0.1) is 0 Å². The van der Waals surface area contributed by atoms with Gasteiger partial charge in [0, 0.05) is 44.5 Å². The lowest BCUT2D eigenvalue weighted by Crippen LogP contribution is -2.49. The van der Waals surface area contributed by atoms with Crippen molar-refractivity contribution >= 4 is 21.6 Å². The molecule has 2 heterocycles. The summed E-state index contributed by atoms with van der Waals surface area (Å²) in [6.45, 7) is 3.94. The molecule has 1 atom stereocenters. The van der Waals surface area contributed by atoms with Gasteiger partial charge in [-0.1, -0.05) is 36.4 Å². The van der Waals surface area contributed by atoms with E-state index in [-0.39, 0.29) is 23.4 Å². The van der Waals surface area contributed by atoms with Gasteiger partial charge in [0.05, 0.1) is 11.4 Å². The van der Waals surface area contributed by atoms with Crippen molar-refractivity contribution in [2.45, 2.75) is 23.8 Å². The van der Waals surface area contributed by atoms with Crippen LogP contribution in [0.4, 0.5) is 5.69 Å². The van der Waals surface area contributed by atoms with Crippen LogP contribution in [0.1, 0.15) is 24.4 Å². The molecule has 2 fully saturated rings. The van der Waals surface area contributed by atoms with Gasteiger partial charge in [0.15, 0.2) is 0 Å². The van der Waals surface area contributed by atoms with Crippen molar-refractivity contribution in [2.75, 3.05) is 51.6 Å². The van der Waals surface area contributed by atoms with Gasteiger partial charge in [-0.25, -0.2) is 8.42 Å². The maximum atomic E-state index is 12.8. The Morgan fingerprint density at radius 3 is 2.48 bits per heavy atom. The molecule has 7 nitrogen and oxygen atoms in total. The number of benzene rings is 2. The standard InChI is InChI=1S/C23H30N4O3S/c1-25-14-15-26(22(17-25)19-8-3-2-4-9-19)18-23(28)24-20-10-7-11-21(16-20)31(29,30)27-12-5-6-13-27/h2-4,7-11,16,22H,5-6,12-15,17-18H2,1H3,(H,24,28). The van der Waals surface area contributed by atoms with E-state index in [4.69, 9.17) is 0 Å². The zero-order valence-corrected chi connectivity index (χ0v) is 18.7. The molecule has 1 unspecified atom stereocenters. The highest BCUT2D eigenvalue weighted by molar-refractivity contribution is 7.89. The van der Waals surface area contributed by atoms with E-state index in [0.29, 0.717) is 18.8 Å². The summed E-state index contributed by atoms with van der Waals surface area (Å²) in [6.07, 6.45) is 1.78. The number of nitrogens with zero attached hydrogens (tertiary/aromatic N) is 3. The quantitative estimate of drug-likeness (QED) is 0.744. The van der Waals surface area contributed by atoms with Gasteiger partial charge in [0.2, 0.25) is 15.9 Å². The second kappa shape index (κ2) is 9.48. The smallest absolute Gasteiger partial charge is 0.243 e. The Bertz CT molecular complexity index is 1010. The summed E-state index contributed by atoms with van der Waals surface area (Å²) < 4.78 is 27.2. The van der Waals surface area contributed by atoms with Gasteiger partial charge >= 0.3 is 0 Å². The van der Waals surface area contributed by atoms with Crippen LogP contribution in [-0.4, -0.2) is 74.7 Å². The summed E-state index contributed by atoms with van der Waals surface area (Å²) in [5, 5.41) is 2.90. The number of hydrogen-bond acceptors (Lipinski definition) is 5. The molecule has 0 bridgehead atoms. The van der Waals surface area contributed by atoms with Gasteiger partial charge < -0.3 is 10.2 Å². The molecule has 0 spiro atoms. The minimum absolute atomic E-state index is 0.138. The molecule has 4 rings (SSSR count). The molecule has 8 heteroatoms. The fourth-order valence-electron chi connectivity index (χ4n) is 4.33. The number of nitrogens with one attached hydrogen (secondary N) is 1. The van der Waals surface area contributed by atoms with Crippen LogP contribution in [0.15, 0.2) is 59.5 Å². The number of amides is 1. The van der Waals surface area contributed by atoms with E-state index < -0.39 is 10.0 Å². The number of anilines is 1. The zero-order valence-electron chi connectivity index (χ0n) is 17.9. The maximum Gasteiger partial charge on any atom is 0.243 e. The molecule has 2 aliphatic rings. The molecule has 0 aliphatic carbocycles. The second-order valence-electron chi connectivity index (χ2n) is 8.35. The predicted molar refractivity (Wildman–Crippen MR) is 121 cm³/mol. The summed E-state index contributed by atoms with van der Waals surface area (Å²) in [6, 6.07) is 17.0. The molecule has 0 saturated carbocycles. The highest BCUT2D eigenvalue weighted by Gasteiger charge is 2.29. The first-order chi connectivity index (χ1) is 14.9. The topological polar surface area (TPSA) is 73.0 Å². The van der Waals surface area contributed by atoms with Crippen LogP contribution in [0.2, 0.25) is 0 Å². The normalized spacial score (nSPS) is 21.3. The number of carbonyl (C=O) groups excluding carboxylic acids is 1. The molecule has 2 saturated heterocycles. The molecule has 2 aromatic rings. The predicted octanol–water partition coefficient (Wildman–Crippen LogP) is 2.40. The largest absolute Gasteiger partial charge is 0.325 e. The van der Waals surface area contributed by atoms with Crippen LogP contribution in [-0.2, 0) is 14.8 Å². The zero-order chi connectivity index (χ0) is 21.8. The minimum atomic E-state index is -3.51. The molecular weight excluding hydrogens is 412 g/mol. The summed E-state index contributed by atoms with van der Waals surface area (Å²) >= 11 is 0. The first-order valence-electron chi connectivity index (χ1n) is 10.8. The molecule has 1 amide bonds. The second-order valence-corrected chi connectivity index (χ2v) is 10.3. The minimum Gasteiger partial charge on any atom is -0.325 e. The monoisotopic (exact) mass is 442 g/mol. The number of likely N-dealkylation sites (N-methyl/N-ethyl adjacent to an activating group) is 1. The van der Waals surface area contributed by atoms with E-state index in [1.165, 1.54) is 9.87 Å². The van der Waals surface area contributed by atoms with E-state index in [2.05, 4.69) is 34.3 Å². The highest BCUT2D eigenvalue weighted by atomic mass is 32.2. The van der Waals surface area contributed by atoms with Crippen LogP contribution >= 0.6 is 0 Å². The molecule has 0 aromatic heterocycles. The summed E-state index contributed by atoms with van der Waals surface area (Å²) in [7, 11) is -1.41. The third kappa shape index (κ3) is 5.15. The van der Waals surface area contributed by atoms with E-state index in [0.717, 1.165) is 32.5 Å². The Labute approximate surface area is 184 Å². The Kier molecular flexibility index (Phi) is 6.71. The summed E-state index contributed by atoms with van der Waals surface area (Å²) in [5.41, 5.74) is 1.70. The van der Waals surface area contributed by atoms with Gasteiger partial charge in [-0.05, 0) is 43.7 Å². The molecular formula is C23H30N4O3S. The Hall–Kier alpha value is -2.26. The molecule has 2 aromatic carbocycles. The van der Waals surface area contributed by atoms with Gasteiger partial charge in [-0.2, -0.15) is 4.31 Å². The first kappa shape index (κ1) is 22.0. The van der Waals surface area contributed by atoms with Crippen molar-refractivity contribution < 1.29 is 13.2 Å². The molecule has 2 aliphatic heterocycles. The van der Waals surface area contributed by atoms with Crippen molar-refractivity contribution in [3.05, 3.63) is 60.2 Å². The van der Waals surface area contributed by atoms with Crippen molar-refractivity contribution in [3.8, 4) is 0 Å². The van der Waals surface area contributed by atoms with Crippen molar-refractivity contribution in [3.63, 3.8) is 0 Å². The average Bonchev–Trinajstić information content (AvgIpc) is 3.32. The van der Waals surface area contributed by atoms with Crippen LogP contribution in [0.25, 0.3) is 0 Å². The third-order valence-corrected chi connectivity index (χ3v) is 7.94. The molecule has 166 valence electrons. The summed E-state index contributed by atoms with van der Waals surface area (Å²) in [5.74, 6) is -0.138.